The number of methoxy groups -OCH3 is 1. The van der Waals surface area contributed by atoms with Gasteiger partial charge in [0.15, 0.2) is 5.82 Å². The molecule has 0 unspecified atom stereocenters. The quantitative estimate of drug-likeness (QED) is 0.851. The van der Waals surface area contributed by atoms with Gasteiger partial charge in [-0.15, -0.1) is 0 Å². The largest absolute Gasteiger partial charge is 0.497 e. The highest BCUT2D eigenvalue weighted by atomic mass is 16.5. The summed E-state index contributed by atoms with van der Waals surface area (Å²) in [5.41, 5.74) is 1.20. The summed E-state index contributed by atoms with van der Waals surface area (Å²) >= 11 is 0. The summed E-state index contributed by atoms with van der Waals surface area (Å²) in [7, 11) is 1.62. The third-order valence-electron chi connectivity index (χ3n) is 4.92. The van der Waals surface area contributed by atoms with Crippen LogP contribution in [0.1, 0.15) is 43.2 Å². The van der Waals surface area contributed by atoms with Gasteiger partial charge in [0.25, 0.3) is 0 Å². The molecule has 0 bridgehead atoms. The van der Waals surface area contributed by atoms with Crippen molar-refractivity contribution in [2.45, 2.75) is 32.6 Å². The molecule has 22 heavy (non-hydrogen) atoms. The number of Topliss-reactive ketones (excluding diaryl/α,β-unsaturated/α-hetero) is 1. The smallest absolute Gasteiger partial charge is 0.203 e. The number of nitrogens with zero attached hydrogens (tertiary/aromatic N) is 1. The molecule has 1 aliphatic carbocycles. The van der Waals surface area contributed by atoms with Crippen LogP contribution in [0.4, 0.5) is 0 Å². The number of imidazole rings is 1. The Balaban J connectivity index is 1.85. The van der Waals surface area contributed by atoms with Crippen molar-refractivity contribution in [3.05, 3.63) is 24.0 Å². The molecule has 0 saturated heterocycles. The molecule has 5 nitrogen and oxygen atoms in total. The number of carbonyl (C=O) groups is 1. The average Bonchev–Trinajstić information content (AvgIpc) is 2.97. The van der Waals surface area contributed by atoms with E-state index in [-0.39, 0.29) is 17.8 Å². The fraction of sp³-hybridized carbons (Fsp3) is 0.529. The van der Waals surface area contributed by atoms with Crippen molar-refractivity contribution >= 4 is 16.8 Å². The van der Waals surface area contributed by atoms with E-state index in [1.165, 1.54) is 0 Å². The summed E-state index contributed by atoms with van der Waals surface area (Å²) in [6, 6.07) is 5.54. The van der Waals surface area contributed by atoms with Crippen LogP contribution in [-0.2, 0) is 0 Å². The number of aromatic nitrogens is 2. The second kappa shape index (κ2) is 5.72. The van der Waals surface area contributed by atoms with Crippen molar-refractivity contribution in [2.75, 3.05) is 13.7 Å². The number of ketones is 1. The lowest BCUT2D eigenvalue weighted by atomic mass is 9.69. The summed E-state index contributed by atoms with van der Waals surface area (Å²) in [6.07, 6.45) is 3.40. The zero-order valence-electron chi connectivity index (χ0n) is 13.1. The molecule has 3 rings (SSSR count). The summed E-state index contributed by atoms with van der Waals surface area (Å²) in [5.74, 6) is 1.57. The van der Waals surface area contributed by atoms with Crippen LogP contribution in [0.2, 0.25) is 0 Å². The van der Waals surface area contributed by atoms with Gasteiger partial charge in [-0.25, -0.2) is 4.98 Å². The summed E-state index contributed by atoms with van der Waals surface area (Å²) in [4.78, 5) is 20.4. The lowest BCUT2D eigenvalue weighted by molar-refractivity contribution is 0.0652. The maximum absolute atomic E-state index is 12.9. The third kappa shape index (κ3) is 2.61. The highest BCUT2D eigenvalue weighted by Gasteiger charge is 2.39. The van der Waals surface area contributed by atoms with Crippen LogP contribution in [0.3, 0.4) is 0 Å². The number of aliphatic hydroxyl groups is 1. The molecule has 5 heteroatoms. The average molecular weight is 302 g/mol. The summed E-state index contributed by atoms with van der Waals surface area (Å²) < 4.78 is 5.20. The Labute approximate surface area is 129 Å². The zero-order valence-corrected chi connectivity index (χ0v) is 13.1. The molecule has 1 fully saturated rings. The van der Waals surface area contributed by atoms with E-state index in [4.69, 9.17) is 4.74 Å². The van der Waals surface area contributed by atoms with Gasteiger partial charge < -0.3 is 14.8 Å². The van der Waals surface area contributed by atoms with Crippen molar-refractivity contribution in [1.82, 2.24) is 9.97 Å². The maximum atomic E-state index is 12.9. The van der Waals surface area contributed by atoms with Crippen molar-refractivity contribution < 1.29 is 14.6 Å². The predicted octanol–water partition coefficient (Wildman–Crippen LogP) is 2.94. The molecular formula is C17H22N2O3. The normalized spacial score (nSPS) is 25.3. The number of H-pyrrole nitrogens is 1. The van der Waals surface area contributed by atoms with Crippen LogP contribution in [0.15, 0.2) is 18.2 Å². The Bertz CT molecular complexity index is 684. The Kier molecular flexibility index (Phi) is 3.91. The molecule has 0 atom stereocenters. The topological polar surface area (TPSA) is 75.2 Å². The maximum Gasteiger partial charge on any atom is 0.203 e. The first kappa shape index (κ1) is 15.0. The predicted molar refractivity (Wildman–Crippen MR) is 84.1 cm³/mol. The fourth-order valence-corrected chi connectivity index (χ4v) is 3.23. The lowest BCUT2D eigenvalue weighted by Crippen LogP contribution is -2.34. The molecule has 0 radical (unpaired) electrons. The molecule has 0 aliphatic heterocycles. The van der Waals surface area contributed by atoms with E-state index >= 15 is 0 Å². The van der Waals surface area contributed by atoms with Gasteiger partial charge >= 0.3 is 0 Å². The van der Waals surface area contributed by atoms with Crippen LogP contribution >= 0.6 is 0 Å². The monoisotopic (exact) mass is 302 g/mol. The van der Waals surface area contributed by atoms with E-state index in [2.05, 4.69) is 9.97 Å². The minimum Gasteiger partial charge on any atom is -0.497 e. The van der Waals surface area contributed by atoms with Crippen LogP contribution < -0.4 is 4.74 Å². The first-order chi connectivity index (χ1) is 10.6. The molecule has 1 aliphatic rings. The van der Waals surface area contributed by atoms with Gasteiger partial charge in [0.2, 0.25) is 5.78 Å². The Morgan fingerprint density at radius 2 is 2.18 bits per heavy atom. The van der Waals surface area contributed by atoms with E-state index in [0.29, 0.717) is 11.7 Å². The molecule has 2 aromatic rings. The number of benzene rings is 1. The number of rotatable bonds is 4. The minimum absolute atomic E-state index is 0.0686. The first-order valence-electron chi connectivity index (χ1n) is 7.75. The molecule has 0 amide bonds. The van der Waals surface area contributed by atoms with E-state index in [1.807, 2.05) is 25.1 Å². The SMILES string of the molecule is COc1ccc2nc(C(=O)C3(C)CCC(CO)CC3)[nH]c2c1. The third-order valence-corrected chi connectivity index (χ3v) is 4.92. The van der Waals surface area contributed by atoms with Gasteiger partial charge in [-0.05, 0) is 43.7 Å². The van der Waals surface area contributed by atoms with Crippen molar-refractivity contribution in [2.24, 2.45) is 11.3 Å². The van der Waals surface area contributed by atoms with Crippen LogP contribution in [0.5, 0.6) is 5.75 Å². The molecule has 1 aromatic heterocycles. The lowest BCUT2D eigenvalue weighted by Gasteiger charge is -2.34. The number of nitrogens with one attached hydrogen (secondary N) is 1. The van der Waals surface area contributed by atoms with Crippen molar-refractivity contribution in [1.29, 1.82) is 0 Å². The Morgan fingerprint density at radius 1 is 1.45 bits per heavy atom. The van der Waals surface area contributed by atoms with Gasteiger partial charge in [0.05, 0.1) is 18.1 Å². The zero-order chi connectivity index (χ0) is 15.7. The first-order valence-corrected chi connectivity index (χ1v) is 7.75. The minimum atomic E-state index is -0.385. The van der Waals surface area contributed by atoms with E-state index in [9.17, 15) is 9.90 Å². The second-order valence-corrected chi connectivity index (χ2v) is 6.48. The fourth-order valence-electron chi connectivity index (χ4n) is 3.23. The molecule has 1 heterocycles. The number of carbonyl (C=O) groups excluding carboxylic acids is 1. The number of hydrogen-bond acceptors (Lipinski definition) is 4. The highest BCUT2D eigenvalue weighted by molar-refractivity contribution is 5.99. The summed E-state index contributed by atoms with van der Waals surface area (Å²) in [5, 5.41) is 9.25. The second-order valence-electron chi connectivity index (χ2n) is 6.48. The highest BCUT2D eigenvalue weighted by Crippen LogP contribution is 2.40. The standard InChI is InChI=1S/C17H22N2O3/c1-17(7-5-11(10-20)6-8-17)15(21)16-18-13-4-3-12(22-2)9-14(13)19-16/h3-4,9,11,20H,5-8,10H2,1-2H3,(H,18,19). The van der Waals surface area contributed by atoms with Crippen LogP contribution in [0, 0.1) is 11.3 Å². The Morgan fingerprint density at radius 3 is 2.82 bits per heavy atom. The van der Waals surface area contributed by atoms with Gasteiger partial charge in [0, 0.05) is 18.1 Å². The van der Waals surface area contributed by atoms with Crippen LogP contribution in [-0.4, -0.2) is 34.6 Å². The van der Waals surface area contributed by atoms with E-state index in [0.717, 1.165) is 42.5 Å². The number of aliphatic hydroxyl groups excluding tert-OH is 1. The van der Waals surface area contributed by atoms with Gasteiger partial charge in [-0.3, -0.25) is 4.79 Å². The van der Waals surface area contributed by atoms with Gasteiger partial charge in [-0.2, -0.15) is 0 Å². The summed E-state index contributed by atoms with van der Waals surface area (Å²) in [6.45, 7) is 2.23. The number of aromatic amines is 1. The van der Waals surface area contributed by atoms with Gasteiger partial charge in [0.1, 0.15) is 5.75 Å². The van der Waals surface area contributed by atoms with Crippen LogP contribution in [0.25, 0.3) is 11.0 Å². The molecule has 1 saturated carbocycles. The van der Waals surface area contributed by atoms with E-state index < -0.39 is 0 Å². The number of ether oxygens (including phenoxy) is 1. The number of hydrogen-bond donors (Lipinski definition) is 2. The Hall–Kier alpha value is -1.88. The number of fused-ring (bicyclic) bond motifs is 1. The van der Waals surface area contributed by atoms with Crippen molar-refractivity contribution in [3.8, 4) is 5.75 Å². The molecule has 1 aromatic carbocycles. The van der Waals surface area contributed by atoms with Crippen molar-refractivity contribution in [3.63, 3.8) is 0 Å². The molecule has 118 valence electrons. The molecule has 0 spiro atoms. The molecular weight excluding hydrogens is 280 g/mol. The van der Waals surface area contributed by atoms with E-state index in [1.54, 1.807) is 7.11 Å². The van der Waals surface area contributed by atoms with Gasteiger partial charge in [-0.1, -0.05) is 6.92 Å². The molecule has 2 N–H and O–H groups in total.